The van der Waals surface area contributed by atoms with Crippen LogP contribution in [0.25, 0.3) is 0 Å². The largest absolute Gasteiger partial charge is 0.325 e. The molecule has 0 saturated heterocycles. The summed E-state index contributed by atoms with van der Waals surface area (Å²) in [5, 5.41) is 7.89. The fraction of sp³-hybridized carbons (Fsp3) is 0.435. The number of hydrogen-bond acceptors (Lipinski definition) is 6. The molecular formula is C23H34N6O. The second-order valence-electron chi connectivity index (χ2n) is 7.08. The van der Waals surface area contributed by atoms with Crippen molar-refractivity contribution < 1.29 is 4.79 Å². The maximum absolute atomic E-state index is 11.7. The van der Waals surface area contributed by atoms with E-state index < -0.39 is 0 Å². The van der Waals surface area contributed by atoms with Crippen LogP contribution in [0, 0.1) is 0 Å². The average Bonchev–Trinajstić information content (AvgIpc) is 3.22. The summed E-state index contributed by atoms with van der Waals surface area (Å²) in [7, 11) is 0. The molecule has 0 aliphatic carbocycles. The molecule has 3 N–H and O–H groups in total. The monoisotopic (exact) mass is 410 g/mol. The number of unbranched alkanes of at least 4 members (excludes halogenated alkanes) is 3. The highest BCUT2D eigenvalue weighted by Crippen LogP contribution is 2.18. The van der Waals surface area contributed by atoms with Crippen molar-refractivity contribution >= 4 is 29.1 Å². The van der Waals surface area contributed by atoms with Gasteiger partial charge in [0.15, 0.2) is 0 Å². The fourth-order valence-electron chi connectivity index (χ4n) is 2.80. The molecule has 2 aromatic rings. The molecular weight excluding hydrogens is 376 g/mol. The van der Waals surface area contributed by atoms with Gasteiger partial charge in [-0.1, -0.05) is 64.7 Å². The number of pyridine rings is 1. The van der Waals surface area contributed by atoms with Crippen LogP contribution in [0.1, 0.15) is 59.3 Å². The number of nitrogens with zero attached hydrogens (tertiary/aromatic N) is 3. The van der Waals surface area contributed by atoms with Crippen LogP contribution in [0.5, 0.6) is 0 Å². The van der Waals surface area contributed by atoms with Crippen molar-refractivity contribution in [2.45, 2.75) is 59.3 Å². The smallest absolute Gasteiger partial charge is 0.225 e. The number of benzene rings is 1. The van der Waals surface area contributed by atoms with Crippen molar-refractivity contribution in [2.75, 3.05) is 22.3 Å². The van der Waals surface area contributed by atoms with E-state index in [1.165, 1.54) is 25.7 Å². The van der Waals surface area contributed by atoms with Gasteiger partial charge in [-0.15, -0.1) is 0 Å². The first-order chi connectivity index (χ1) is 14.7. The number of carbonyl (C=O) groups is 1. The number of para-hydroxylation sites is 1. The summed E-state index contributed by atoms with van der Waals surface area (Å²) in [5.74, 6) is 1.19. The Hall–Kier alpha value is -3.09. The molecule has 1 aromatic carbocycles. The highest BCUT2D eigenvalue weighted by molar-refractivity contribution is 5.96. The number of anilines is 3. The molecule has 162 valence electrons. The number of guanidine groups is 1. The Kier molecular flexibility index (Phi) is 10.2. The molecule has 7 nitrogen and oxygen atoms in total. The second-order valence-corrected chi connectivity index (χ2v) is 7.08. The first-order valence-electron chi connectivity index (χ1n) is 10.8. The molecule has 0 saturated carbocycles. The van der Waals surface area contributed by atoms with Crippen LogP contribution >= 0.6 is 0 Å². The van der Waals surface area contributed by atoms with Gasteiger partial charge in [-0.25, -0.2) is 9.98 Å². The molecule has 0 atom stereocenters. The van der Waals surface area contributed by atoms with Crippen LogP contribution in [0.15, 0.2) is 53.7 Å². The Labute approximate surface area is 180 Å². The molecule has 3 rings (SSSR count). The number of nitrogens with one attached hydrogen (secondary N) is 3. The van der Waals surface area contributed by atoms with E-state index in [0.717, 1.165) is 17.8 Å². The summed E-state index contributed by atoms with van der Waals surface area (Å²) in [4.78, 5) is 20.3. The molecule has 30 heavy (non-hydrogen) atoms. The number of aromatic nitrogens is 1. The predicted molar refractivity (Wildman–Crippen MR) is 126 cm³/mol. The summed E-state index contributed by atoms with van der Waals surface area (Å²) in [5.41, 5.74) is 5.04. The quantitative estimate of drug-likeness (QED) is 0.524. The number of aliphatic imine (C=N–C) groups is 1. The van der Waals surface area contributed by atoms with Crippen molar-refractivity contribution in [1.29, 1.82) is 0 Å². The van der Waals surface area contributed by atoms with Crippen LogP contribution in [0.3, 0.4) is 0 Å². The van der Waals surface area contributed by atoms with Crippen molar-refractivity contribution in [3.05, 3.63) is 48.7 Å². The lowest BCUT2D eigenvalue weighted by molar-refractivity contribution is -0.116. The maximum atomic E-state index is 11.7. The molecule has 1 aromatic heterocycles. The number of rotatable bonds is 8. The van der Waals surface area contributed by atoms with E-state index in [1.807, 2.05) is 54.4 Å². The Morgan fingerprint density at radius 1 is 1.07 bits per heavy atom. The minimum absolute atomic E-state index is 0.0285. The minimum atomic E-state index is -0.0285. The van der Waals surface area contributed by atoms with E-state index in [-0.39, 0.29) is 5.91 Å². The SMILES string of the molecule is CCCC(=O)Nc1cc(N2CN=C(Nc3ccccc3)N2)ccn1.CCCCCC. The fourth-order valence-corrected chi connectivity index (χ4v) is 2.80. The number of carbonyl (C=O) groups excluding carboxylic acids is 1. The van der Waals surface area contributed by atoms with E-state index in [1.54, 1.807) is 6.20 Å². The lowest BCUT2D eigenvalue weighted by Crippen LogP contribution is -2.39. The topological polar surface area (TPSA) is 81.7 Å². The van der Waals surface area contributed by atoms with Crippen LogP contribution in [0.2, 0.25) is 0 Å². The average molecular weight is 411 g/mol. The third-order valence-corrected chi connectivity index (χ3v) is 4.40. The summed E-state index contributed by atoms with van der Waals surface area (Å²) in [6, 6.07) is 13.5. The van der Waals surface area contributed by atoms with Crippen molar-refractivity contribution in [2.24, 2.45) is 4.99 Å². The summed E-state index contributed by atoms with van der Waals surface area (Å²) in [6.45, 7) is 6.91. The summed E-state index contributed by atoms with van der Waals surface area (Å²) in [6.07, 6.45) is 8.50. The van der Waals surface area contributed by atoms with Crippen molar-refractivity contribution in [3.8, 4) is 0 Å². The first-order valence-corrected chi connectivity index (χ1v) is 10.8. The zero-order chi connectivity index (χ0) is 21.6. The third kappa shape index (κ3) is 8.11. The molecule has 0 bridgehead atoms. The molecule has 0 unspecified atom stereocenters. The van der Waals surface area contributed by atoms with Crippen LogP contribution < -0.4 is 21.1 Å². The Morgan fingerprint density at radius 2 is 1.80 bits per heavy atom. The first kappa shape index (κ1) is 23.2. The third-order valence-electron chi connectivity index (χ3n) is 4.40. The zero-order valence-electron chi connectivity index (χ0n) is 18.3. The summed E-state index contributed by atoms with van der Waals surface area (Å²) < 4.78 is 0. The van der Waals surface area contributed by atoms with Crippen molar-refractivity contribution in [1.82, 2.24) is 10.4 Å². The van der Waals surface area contributed by atoms with Gasteiger partial charge >= 0.3 is 0 Å². The lowest BCUT2D eigenvalue weighted by Gasteiger charge is -2.19. The highest BCUT2D eigenvalue weighted by Gasteiger charge is 2.16. The molecule has 0 fully saturated rings. The molecule has 0 spiro atoms. The van der Waals surface area contributed by atoms with E-state index in [9.17, 15) is 4.79 Å². The number of hydrogen-bond donors (Lipinski definition) is 3. The number of amides is 1. The van der Waals surface area contributed by atoms with Gasteiger partial charge in [-0.2, -0.15) is 0 Å². The molecule has 7 heteroatoms. The minimum Gasteiger partial charge on any atom is -0.325 e. The van der Waals surface area contributed by atoms with E-state index in [0.29, 0.717) is 24.9 Å². The van der Waals surface area contributed by atoms with Crippen LogP contribution in [-0.4, -0.2) is 23.5 Å². The van der Waals surface area contributed by atoms with Gasteiger partial charge < -0.3 is 10.6 Å². The highest BCUT2D eigenvalue weighted by atomic mass is 16.1. The van der Waals surface area contributed by atoms with Gasteiger partial charge in [0.05, 0.1) is 5.69 Å². The maximum Gasteiger partial charge on any atom is 0.225 e. The summed E-state index contributed by atoms with van der Waals surface area (Å²) >= 11 is 0. The van der Waals surface area contributed by atoms with E-state index in [2.05, 4.69) is 39.9 Å². The Bertz CT molecular complexity index is 789. The second kappa shape index (κ2) is 13.2. The van der Waals surface area contributed by atoms with Gasteiger partial charge in [-0.05, 0) is 24.6 Å². The van der Waals surface area contributed by atoms with Gasteiger partial charge in [0, 0.05) is 24.4 Å². The van der Waals surface area contributed by atoms with Gasteiger partial charge in [0.25, 0.3) is 0 Å². The van der Waals surface area contributed by atoms with Gasteiger partial charge in [-0.3, -0.25) is 15.2 Å². The van der Waals surface area contributed by atoms with E-state index >= 15 is 0 Å². The number of hydrazine groups is 1. The Morgan fingerprint density at radius 3 is 2.47 bits per heavy atom. The predicted octanol–water partition coefficient (Wildman–Crippen LogP) is 5.16. The lowest BCUT2D eigenvalue weighted by atomic mass is 10.2. The van der Waals surface area contributed by atoms with Gasteiger partial charge in [0.1, 0.15) is 12.5 Å². The standard InChI is InChI=1S/C17H20N6O.C6H14/c1-2-6-16(24)21-15-11-14(9-10-18-15)23-12-19-17(22-23)20-13-7-4-3-5-8-13;1-3-5-6-4-2/h3-5,7-11H,2,6,12H2,1H3,(H,18,21,24)(H2,19,20,22);3-6H2,1-2H3. The van der Waals surface area contributed by atoms with Gasteiger partial charge in [0.2, 0.25) is 11.9 Å². The van der Waals surface area contributed by atoms with Crippen LogP contribution in [0.4, 0.5) is 17.2 Å². The molecule has 1 aliphatic rings. The molecule has 1 aliphatic heterocycles. The Balaban J connectivity index is 0.000000469. The van der Waals surface area contributed by atoms with E-state index in [4.69, 9.17) is 0 Å². The zero-order valence-corrected chi connectivity index (χ0v) is 18.3. The van der Waals surface area contributed by atoms with Crippen molar-refractivity contribution in [3.63, 3.8) is 0 Å². The molecule has 1 amide bonds. The normalized spacial score (nSPS) is 12.4. The molecule has 2 heterocycles. The van der Waals surface area contributed by atoms with Crippen LogP contribution in [-0.2, 0) is 4.79 Å². The molecule has 0 radical (unpaired) electrons.